The SMILES string of the molecule is Cc1ccc(-c2nnn(CC(=O)N(CCc3ccccc3)[C@H](C(=O)NC3CCCC3)c3ccc(C)o3)n2)cc1. The van der Waals surface area contributed by atoms with Gasteiger partial charge in [-0.15, -0.1) is 10.2 Å². The van der Waals surface area contributed by atoms with Gasteiger partial charge in [-0.05, 0) is 56.0 Å². The van der Waals surface area contributed by atoms with Crippen molar-refractivity contribution in [2.75, 3.05) is 6.54 Å². The Hall–Kier alpha value is -4.27. The van der Waals surface area contributed by atoms with E-state index in [4.69, 9.17) is 4.42 Å². The summed E-state index contributed by atoms with van der Waals surface area (Å²) in [5, 5.41) is 15.9. The lowest BCUT2D eigenvalue weighted by Crippen LogP contribution is -2.47. The minimum Gasteiger partial charge on any atom is -0.464 e. The van der Waals surface area contributed by atoms with E-state index in [2.05, 4.69) is 20.7 Å². The van der Waals surface area contributed by atoms with E-state index in [1.54, 1.807) is 11.0 Å². The predicted molar refractivity (Wildman–Crippen MR) is 146 cm³/mol. The number of aryl methyl sites for hydroxylation is 2. The molecule has 202 valence electrons. The van der Waals surface area contributed by atoms with Gasteiger partial charge in [0.25, 0.3) is 5.91 Å². The van der Waals surface area contributed by atoms with Crippen molar-refractivity contribution in [1.82, 2.24) is 30.4 Å². The van der Waals surface area contributed by atoms with E-state index in [0.717, 1.165) is 42.4 Å². The van der Waals surface area contributed by atoms with Crippen LogP contribution >= 0.6 is 0 Å². The molecule has 0 spiro atoms. The number of hydrogen-bond donors (Lipinski definition) is 1. The molecule has 0 aliphatic heterocycles. The van der Waals surface area contributed by atoms with Crippen molar-refractivity contribution < 1.29 is 14.0 Å². The summed E-state index contributed by atoms with van der Waals surface area (Å²) < 4.78 is 5.93. The van der Waals surface area contributed by atoms with Crippen LogP contribution in [0.5, 0.6) is 0 Å². The second-order valence-electron chi connectivity index (χ2n) is 10.2. The zero-order valence-corrected chi connectivity index (χ0v) is 22.4. The van der Waals surface area contributed by atoms with Crippen LogP contribution in [-0.2, 0) is 22.6 Å². The van der Waals surface area contributed by atoms with E-state index >= 15 is 0 Å². The lowest BCUT2D eigenvalue weighted by atomic mass is 10.1. The number of amides is 2. The first-order chi connectivity index (χ1) is 19.0. The highest BCUT2D eigenvalue weighted by Crippen LogP contribution is 2.26. The summed E-state index contributed by atoms with van der Waals surface area (Å²) in [6.45, 7) is 4.01. The summed E-state index contributed by atoms with van der Waals surface area (Å²) in [6.07, 6.45) is 4.65. The van der Waals surface area contributed by atoms with Crippen LogP contribution in [0.4, 0.5) is 0 Å². The normalized spacial score (nSPS) is 14.3. The molecule has 1 N–H and O–H groups in total. The molecule has 1 aliphatic carbocycles. The van der Waals surface area contributed by atoms with E-state index in [9.17, 15) is 9.59 Å². The maximum Gasteiger partial charge on any atom is 0.250 e. The number of benzene rings is 2. The van der Waals surface area contributed by atoms with E-state index in [1.165, 1.54) is 4.80 Å². The van der Waals surface area contributed by atoms with Gasteiger partial charge in [-0.1, -0.05) is 73.0 Å². The predicted octanol–water partition coefficient (Wildman–Crippen LogP) is 4.42. The van der Waals surface area contributed by atoms with E-state index < -0.39 is 6.04 Å². The molecule has 1 saturated carbocycles. The second-order valence-corrected chi connectivity index (χ2v) is 10.2. The first-order valence-corrected chi connectivity index (χ1v) is 13.5. The van der Waals surface area contributed by atoms with Gasteiger partial charge < -0.3 is 14.6 Å². The molecule has 0 radical (unpaired) electrons. The largest absolute Gasteiger partial charge is 0.464 e. The molecule has 4 aromatic rings. The molecule has 0 unspecified atom stereocenters. The van der Waals surface area contributed by atoms with Crippen molar-refractivity contribution in [2.24, 2.45) is 0 Å². The number of tetrazole rings is 1. The summed E-state index contributed by atoms with van der Waals surface area (Å²) in [5.41, 5.74) is 3.02. The van der Waals surface area contributed by atoms with Gasteiger partial charge >= 0.3 is 0 Å². The quantitative estimate of drug-likeness (QED) is 0.328. The van der Waals surface area contributed by atoms with E-state index in [-0.39, 0.29) is 24.4 Å². The Morgan fingerprint density at radius 1 is 1.03 bits per heavy atom. The van der Waals surface area contributed by atoms with E-state index in [0.29, 0.717) is 30.3 Å². The molecule has 2 heterocycles. The first kappa shape index (κ1) is 26.3. The van der Waals surface area contributed by atoms with Crippen LogP contribution in [0.3, 0.4) is 0 Å². The third-order valence-electron chi connectivity index (χ3n) is 7.14. The molecule has 1 fully saturated rings. The van der Waals surface area contributed by atoms with Gasteiger partial charge in [-0.2, -0.15) is 4.80 Å². The van der Waals surface area contributed by atoms with Crippen LogP contribution in [0.1, 0.15) is 54.4 Å². The summed E-state index contributed by atoms with van der Waals surface area (Å²) in [4.78, 5) is 30.5. The Morgan fingerprint density at radius 2 is 1.77 bits per heavy atom. The second kappa shape index (κ2) is 12.1. The molecule has 0 bridgehead atoms. The van der Waals surface area contributed by atoms with Crippen molar-refractivity contribution >= 4 is 11.8 Å². The van der Waals surface area contributed by atoms with Crippen LogP contribution in [0.2, 0.25) is 0 Å². The Balaban J connectivity index is 1.41. The molecule has 2 amide bonds. The number of hydrogen-bond acceptors (Lipinski definition) is 6. The summed E-state index contributed by atoms with van der Waals surface area (Å²) in [6, 6.07) is 20.5. The van der Waals surface area contributed by atoms with Crippen molar-refractivity contribution in [2.45, 2.75) is 64.6 Å². The number of aromatic nitrogens is 4. The molecular formula is C30H34N6O3. The Kier molecular flexibility index (Phi) is 8.15. The fourth-order valence-electron chi connectivity index (χ4n) is 5.01. The van der Waals surface area contributed by atoms with Crippen LogP contribution in [0.25, 0.3) is 11.4 Å². The molecule has 9 nitrogen and oxygen atoms in total. The van der Waals surface area contributed by atoms with Gasteiger partial charge in [0, 0.05) is 18.2 Å². The third-order valence-corrected chi connectivity index (χ3v) is 7.14. The molecule has 2 aromatic carbocycles. The fraction of sp³-hybridized carbons (Fsp3) is 0.367. The Bertz CT molecular complexity index is 1390. The number of nitrogens with zero attached hydrogens (tertiary/aromatic N) is 5. The van der Waals surface area contributed by atoms with Crippen LogP contribution < -0.4 is 5.32 Å². The van der Waals surface area contributed by atoms with Gasteiger partial charge in [0.2, 0.25) is 11.7 Å². The van der Waals surface area contributed by atoms with Gasteiger partial charge in [-0.25, -0.2) is 0 Å². The lowest BCUT2D eigenvalue weighted by molar-refractivity contribution is -0.142. The average Bonchev–Trinajstić information content (AvgIpc) is 3.71. The highest BCUT2D eigenvalue weighted by Gasteiger charge is 2.35. The van der Waals surface area contributed by atoms with E-state index in [1.807, 2.05) is 74.5 Å². The van der Waals surface area contributed by atoms with Crippen molar-refractivity contribution in [3.63, 3.8) is 0 Å². The third kappa shape index (κ3) is 6.60. The zero-order chi connectivity index (χ0) is 27.2. The minimum absolute atomic E-state index is 0.108. The maximum absolute atomic E-state index is 13.9. The first-order valence-electron chi connectivity index (χ1n) is 13.5. The summed E-state index contributed by atoms with van der Waals surface area (Å²) in [5.74, 6) is 1.04. The van der Waals surface area contributed by atoms with Gasteiger partial charge in [0.05, 0.1) is 0 Å². The summed E-state index contributed by atoms with van der Waals surface area (Å²) >= 11 is 0. The van der Waals surface area contributed by atoms with Gasteiger partial charge in [-0.3, -0.25) is 9.59 Å². The highest BCUT2D eigenvalue weighted by molar-refractivity contribution is 5.88. The molecular weight excluding hydrogens is 492 g/mol. The smallest absolute Gasteiger partial charge is 0.250 e. The molecule has 2 aromatic heterocycles. The number of furan rings is 1. The number of nitrogens with one attached hydrogen (secondary N) is 1. The van der Waals surface area contributed by atoms with Gasteiger partial charge in [0.1, 0.15) is 18.1 Å². The highest BCUT2D eigenvalue weighted by atomic mass is 16.3. The number of carbonyl (C=O) groups excluding carboxylic acids is 2. The average molecular weight is 527 g/mol. The van der Waals surface area contributed by atoms with Gasteiger partial charge in [0.15, 0.2) is 6.04 Å². The number of rotatable bonds is 10. The van der Waals surface area contributed by atoms with Crippen molar-refractivity contribution in [3.8, 4) is 11.4 Å². The molecule has 1 atom stereocenters. The topological polar surface area (TPSA) is 106 Å². The van der Waals surface area contributed by atoms with Crippen molar-refractivity contribution in [1.29, 1.82) is 0 Å². The maximum atomic E-state index is 13.9. The lowest BCUT2D eigenvalue weighted by Gasteiger charge is -2.30. The number of carbonyl (C=O) groups is 2. The van der Waals surface area contributed by atoms with Crippen molar-refractivity contribution in [3.05, 3.63) is 89.4 Å². The molecule has 0 saturated heterocycles. The molecule has 5 rings (SSSR count). The van der Waals surface area contributed by atoms with Crippen LogP contribution in [0, 0.1) is 13.8 Å². The molecule has 1 aliphatic rings. The van der Waals surface area contributed by atoms with Crippen LogP contribution in [-0.4, -0.2) is 49.5 Å². The Morgan fingerprint density at radius 3 is 2.46 bits per heavy atom. The summed E-state index contributed by atoms with van der Waals surface area (Å²) in [7, 11) is 0. The standard InChI is InChI=1S/C30H34N6O3/c1-21-12-15-24(16-13-21)29-32-34-36(33-29)20-27(37)35(19-18-23-8-4-3-5-9-23)28(26-17-14-22(2)39-26)30(38)31-25-10-6-7-11-25/h3-5,8-9,12-17,25,28H,6-7,10-11,18-20H2,1-2H3,(H,31,38)/t28-/m0/s1. The Labute approximate surface area is 228 Å². The zero-order valence-electron chi connectivity index (χ0n) is 22.4. The van der Waals surface area contributed by atoms with Crippen LogP contribution in [0.15, 0.2) is 71.1 Å². The molecule has 9 heteroatoms. The fourth-order valence-corrected chi connectivity index (χ4v) is 5.01. The monoisotopic (exact) mass is 526 g/mol. The molecule has 39 heavy (non-hydrogen) atoms. The minimum atomic E-state index is -0.907.